The summed E-state index contributed by atoms with van der Waals surface area (Å²) < 4.78 is 1.07. The van der Waals surface area contributed by atoms with Crippen molar-refractivity contribution in [1.82, 2.24) is 9.88 Å². The second-order valence-corrected chi connectivity index (χ2v) is 8.22. The second-order valence-electron chi connectivity index (χ2n) is 6.83. The summed E-state index contributed by atoms with van der Waals surface area (Å²) in [5, 5.41) is 1.79. The molecule has 128 valence electrons. The zero-order chi connectivity index (χ0) is 16.7. The van der Waals surface area contributed by atoms with Crippen molar-refractivity contribution >= 4 is 44.2 Å². The van der Waals surface area contributed by atoms with Crippen molar-refractivity contribution in [2.75, 3.05) is 31.1 Å². The van der Waals surface area contributed by atoms with E-state index in [2.05, 4.69) is 16.7 Å². The van der Waals surface area contributed by atoms with E-state index in [-0.39, 0.29) is 5.92 Å². The van der Waals surface area contributed by atoms with Crippen LogP contribution in [0.25, 0.3) is 10.2 Å². The molecule has 0 unspecified atom stereocenters. The predicted octanol–water partition coefficient (Wildman–Crippen LogP) is 4.10. The minimum Gasteiger partial charge on any atom is -0.345 e. The predicted molar refractivity (Wildman–Crippen MR) is 100 cm³/mol. The zero-order valence-corrected chi connectivity index (χ0v) is 15.5. The van der Waals surface area contributed by atoms with Gasteiger partial charge in [0, 0.05) is 32.1 Å². The third kappa shape index (κ3) is 2.88. The van der Waals surface area contributed by atoms with Gasteiger partial charge in [-0.2, -0.15) is 0 Å². The minimum absolute atomic E-state index is 0.278. The highest BCUT2D eigenvalue weighted by Crippen LogP contribution is 2.36. The Hall–Kier alpha value is -1.33. The van der Waals surface area contributed by atoms with Crippen LogP contribution in [0.3, 0.4) is 0 Å². The molecule has 1 saturated carbocycles. The average Bonchev–Trinajstić information content (AvgIpc) is 3.28. The van der Waals surface area contributed by atoms with Crippen LogP contribution in [0.15, 0.2) is 12.1 Å². The second kappa shape index (κ2) is 6.52. The molecule has 0 bridgehead atoms. The van der Waals surface area contributed by atoms with Gasteiger partial charge in [0.25, 0.3) is 0 Å². The number of thiazole rings is 1. The van der Waals surface area contributed by atoms with Gasteiger partial charge in [-0.05, 0) is 31.4 Å². The average molecular weight is 364 g/mol. The number of fused-ring (bicyclic) bond motifs is 1. The molecule has 2 aliphatic rings. The summed E-state index contributed by atoms with van der Waals surface area (Å²) in [4.78, 5) is 21.7. The van der Waals surface area contributed by atoms with Crippen molar-refractivity contribution in [2.24, 2.45) is 5.92 Å². The summed E-state index contributed by atoms with van der Waals surface area (Å²) in [5.74, 6) is 0.649. The molecule has 1 aliphatic heterocycles. The molecule has 24 heavy (non-hydrogen) atoms. The lowest BCUT2D eigenvalue weighted by atomic mass is 10.1. The number of hydrogen-bond donors (Lipinski definition) is 0. The molecule has 1 aliphatic carbocycles. The van der Waals surface area contributed by atoms with E-state index in [0.717, 1.165) is 65.0 Å². The van der Waals surface area contributed by atoms with Gasteiger partial charge in [0.15, 0.2) is 5.13 Å². The SMILES string of the molecule is Cc1ccc(Cl)c2sc(N3CCN(C(=O)C4CCCC4)CC3)nc12. The van der Waals surface area contributed by atoms with Crippen molar-refractivity contribution in [3.63, 3.8) is 0 Å². The van der Waals surface area contributed by atoms with E-state index in [4.69, 9.17) is 16.6 Å². The third-order valence-electron chi connectivity index (χ3n) is 5.25. The van der Waals surface area contributed by atoms with Gasteiger partial charge in [-0.3, -0.25) is 4.79 Å². The molecule has 1 amide bonds. The Morgan fingerprint density at radius 1 is 1.21 bits per heavy atom. The van der Waals surface area contributed by atoms with Gasteiger partial charge >= 0.3 is 0 Å². The number of anilines is 1. The molecular formula is C18H22ClN3OS. The van der Waals surface area contributed by atoms with Gasteiger partial charge in [-0.15, -0.1) is 0 Å². The molecule has 2 heterocycles. The maximum Gasteiger partial charge on any atom is 0.225 e. The lowest BCUT2D eigenvalue weighted by Gasteiger charge is -2.35. The summed E-state index contributed by atoms with van der Waals surface area (Å²) in [5.41, 5.74) is 2.17. The minimum atomic E-state index is 0.278. The van der Waals surface area contributed by atoms with Crippen LogP contribution in [0.2, 0.25) is 5.02 Å². The number of benzene rings is 1. The van der Waals surface area contributed by atoms with E-state index in [0.29, 0.717) is 5.91 Å². The molecule has 0 N–H and O–H groups in total. The van der Waals surface area contributed by atoms with E-state index >= 15 is 0 Å². The summed E-state index contributed by atoms with van der Waals surface area (Å²) in [6.45, 7) is 5.39. The number of carbonyl (C=O) groups excluding carboxylic acids is 1. The quantitative estimate of drug-likeness (QED) is 0.806. The Kier molecular flexibility index (Phi) is 4.39. The van der Waals surface area contributed by atoms with Gasteiger partial charge in [-0.1, -0.05) is 41.8 Å². The first-order chi connectivity index (χ1) is 11.6. The first-order valence-corrected chi connectivity index (χ1v) is 9.92. The Balaban J connectivity index is 1.47. The number of hydrogen-bond acceptors (Lipinski definition) is 4. The lowest BCUT2D eigenvalue weighted by Crippen LogP contribution is -2.50. The van der Waals surface area contributed by atoms with Crippen molar-refractivity contribution < 1.29 is 4.79 Å². The number of aryl methyl sites for hydroxylation is 1. The summed E-state index contributed by atoms with van der Waals surface area (Å²) >= 11 is 7.98. The molecule has 0 spiro atoms. The number of carbonyl (C=O) groups is 1. The van der Waals surface area contributed by atoms with Crippen LogP contribution in [0.4, 0.5) is 5.13 Å². The van der Waals surface area contributed by atoms with Crippen LogP contribution in [0.1, 0.15) is 31.2 Å². The van der Waals surface area contributed by atoms with Crippen LogP contribution in [-0.2, 0) is 4.79 Å². The lowest BCUT2D eigenvalue weighted by molar-refractivity contribution is -0.135. The van der Waals surface area contributed by atoms with Crippen LogP contribution >= 0.6 is 22.9 Å². The fourth-order valence-corrected chi connectivity index (χ4v) is 5.14. The zero-order valence-electron chi connectivity index (χ0n) is 13.9. The summed E-state index contributed by atoms with van der Waals surface area (Å²) in [6.07, 6.45) is 4.58. The Morgan fingerprint density at radius 2 is 1.92 bits per heavy atom. The molecule has 1 saturated heterocycles. The monoisotopic (exact) mass is 363 g/mol. The topological polar surface area (TPSA) is 36.4 Å². The van der Waals surface area contributed by atoms with Gasteiger partial charge in [-0.25, -0.2) is 4.98 Å². The summed E-state index contributed by atoms with van der Waals surface area (Å²) in [6, 6.07) is 3.96. The first kappa shape index (κ1) is 16.2. The van der Waals surface area contributed by atoms with E-state index in [1.165, 1.54) is 12.8 Å². The molecule has 4 nitrogen and oxygen atoms in total. The number of aromatic nitrogens is 1. The van der Waals surface area contributed by atoms with E-state index in [9.17, 15) is 4.79 Å². The van der Waals surface area contributed by atoms with Crippen LogP contribution in [-0.4, -0.2) is 42.0 Å². The Bertz CT molecular complexity index is 722. The van der Waals surface area contributed by atoms with Crippen LogP contribution in [0.5, 0.6) is 0 Å². The number of rotatable bonds is 2. The number of halogens is 1. The molecule has 1 aromatic carbocycles. The maximum atomic E-state index is 12.6. The summed E-state index contributed by atoms with van der Waals surface area (Å²) in [7, 11) is 0. The molecule has 4 rings (SSSR count). The fourth-order valence-electron chi connectivity index (χ4n) is 3.78. The number of piperazine rings is 1. The van der Waals surface area contributed by atoms with Gasteiger partial charge < -0.3 is 9.80 Å². The highest BCUT2D eigenvalue weighted by atomic mass is 35.5. The maximum absolute atomic E-state index is 12.6. The molecule has 0 radical (unpaired) electrons. The molecule has 2 fully saturated rings. The fraction of sp³-hybridized carbons (Fsp3) is 0.556. The highest BCUT2D eigenvalue weighted by molar-refractivity contribution is 7.22. The van der Waals surface area contributed by atoms with Crippen LogP contribution in [0, 0.1) is 12.8 Å². The van der Waals surface area contributed by atoms with E-state index in [1.807, 2.05) is 12.1 Å². The van der Waals surface area contributed by atoms with Crippen molar-refractivity contribution in [2.45, 2.75) is 32.6 Å². The van der Waals surface area contributed by atoms with Gasteiger partial charge in [0.1, 0.15) is 0 Å². The smallest absolute Gasteiger partial charge is 0.225 e. The number of amides is 1. The Labute approximate surface area is 151 Å². The highest BCUT2D eigenvalue weighted by Gasteiger charge is 2.30. The third-order valence-corrected chi connectivity index (χ3v) is 6.83. The van der Waals surface area contributed by atoms with Gasteiger partial charge in [0.05, 0.1) is 15.2 Å². The van der Waals surface area contributed by atoms with Crippen molar-refractivity contribution in [3.8, 4) is 0 Å². The van der Waals surface area contributed by atoms with E-state index < -0.39 is 0 Å². The van der Waals surface area contributed by atoms with Gasteiger partial charge in [0.2, 0.25) is 5.91 Å². The molecule has 0 atom stereocenters. The van der Waals surface area contributed by atoms with Crippen LogP contribution < -0.4 is 4.90 Å². The largest absolute Gasteiger partial charge is 0.345 e. The molecule has 2 aromatic rings. The van der Waals surface area contributed by atoms with E-state index in [1.54, 1.807) is 11.3 Å². The van der Waals surface area contributed by atoms with Crippen molar-refractivity contribution in [3.05, 3.63) is 22.7 Å². The molecule has 6 heteroatoms. The normalized spacial score (nSPS) is 19.4. The number of nitrogens with zero attached hydrogens (tertiary/aromatic N) is 3. The molecule has 1 aromatic heterocycles. The van der Waals surface area contributed by atoms with Crippen molar-refractivity contribution in [1.29, 1.82) is 0 Å². The Morgan fingerprint density at radius 3 is 2.58 bits per heavy atom. The molecular weight excluding hydrogens is 342 g/mol. The standard InChI is InChI=1S/C18H22ClN3OS/c1-12-6-7-14(19)16-15(12)20-18(24-16)22-10-8-21(9-11-22)17(23)13-4-2-3-5-13/h6-7,13H,2-5,8-11H2,1H3. The first-order valence-electron chi connectivity index (χ1n) is 8.73.